The normalized spacial score (nSPS) is 9.73. The average Bonchev–Trinajstić information content (AvgIpc) is 2.24. The van der Waals surface area contributed by atoms with Crippen LogP contribution in [0.4, 0.5) is 0 Å². The predicted octanol–water partition coefficient (Wildman–Crippen LogP) is 0.494. The van der Waals surface area contributed by atoms with Crippen molar-refractivity contribution in [1.82, 2.24) is 5.32 Å². The largest absolute Gasteiger partial charge is 0.492 e. The number of rotatable bonds is 5. The Kier molecular flexibility index (Phi) is 4.63. The molecular formula is C11H14NO3. The molecule has 4 heteroatoms. The van der Waals surface area contributed by atoms with E-state index in [4.69, 9.17) is 9.84 Å². The maximum absolute atomic E-state index is 10.6. The summed E-state index contributed by atoms with van der Waals surface area (Å²) in [4.78, 5) is 10.6. The van der Waals surface area contributed by atoms with E-state index in [9.17, 15) is 4.79 Å². The van der Waals surface area contributed by atoms with Crippen molar-refractivity contribution in [3.05, 3.63) is 29.8 Å². The molecule has 1 radical (unpaired) electrons. The molecule has 0 spiro atoms. The summed E-state index contributed by atoms with van der Waals surface area (Å²) in [5, 5.41) is 11.5. The Labute approximate surface area is 88.9 Å². The minimum absolute atomic E-state index is 0.0527. The third kappa shape index (κ3) is 4.46. The molecule has 0 saturated heterocycles. The summed E-state index contributed by atoms with van der Waals surface area (Å²) in [7, 11) is 0. The first-order chi connectivity index (χ1) is 7.22. The minimum atomic E-state index is -0.0731. The van der Waals surface area contributed by atoms with Gasteiger partial charge in [0.05, 0.1) is 13.2 Å². The topological polar surface area (TPSA) is 58.6 Å². The number of carbonyl (C=O) groups is 1. The zero-order valence-corrected chi connectivity index (χ0v) is 8.62. The standard InChI is InChI=1S/C11H14NO3/c1-9(14)12-5-6-15-11-4-2-3-10(7-11)8-13/h2,4,7,13H,5-6,8H2,1H3,(H,12,14). The monoisotopic (exact) mass is 208 g/mol. The van der Waals surface area contributed by atoms with Crippen LogP contribution in [0.3, 0.4) is 0 Å². The zero-order chi connectivity index (χ0) is 11.1. The van der Waals surface area contributed by atoms with Gasteiger partial charge in [0.1, 0.15) is 12.4 Å². The van der Waals surface area contributed by atoms with Crippen LogP contribution in [0.15, 0.2) is 18.2 Å². The molecule has 0 aliphatic rings. The van der Waals surface area contributed by atoms with Gasteiger partial charge in [0.2, 0.25) is 5.91 Å². The summed E-state index contributed by atoms with van der Waals surface area (Å²) >= 11 is 0. The highest BCUT2D eigenvalue weighted by Crippen LogP contribution is 2.12. The summed E-state index contributed by atoms with van der Waals surface area (Å²) < 4.78 is 5.35. The van der Waals surface area contributed by atoms with Gasteiger partial charge in [-0.05, 0) is 23.8 Å². The van der Waals surface area contributed by atoms with Crippen molar-refractivity contribution in [1.29, 1.82) is 0 Å². The van der Waals surface area contributed by atoms with Crippen LogP contribution >= 0.6 is 0 Å². The van der Waals surface area contributed by atoms with Crippen molar-refractivity contribution in [3.8, 4) is 5.75 Å². The van der Waals surface area contributed by atoms with Crippen molar-refractivity contribution < 1.29 is 14.6 Å². The van der Waals surface area contributed by atoms with Crippen LogP contribution in [0.25, 0.3) is 0 Å². The third-order valence-corrected chi connectivity index (χ3v) is 1.75. The molecule has 0 fully saturated rings. The molecule has 0 unspecified atom stereocenters. The van der Waals surface area contributed by atoms with Crippen LogP contribution in [-0.4, -0.2) is 24.2 Å². The Morgan fingerprint density at radius 1 is 1.67 bits per heavy atom. The highest BCUT2D eigenvalue weighted by molar-refractivity contribution is 5.72. The molecule has 15 heavy (non-hydrogen) atoms. The Hall–Kier alpha value is -1.55. The van der Waals surface area contributed by atoms with Gasteiger partial charge < -0.3 is 15.2 Å². The number of hydrogen-bond acceptors (Lipinski definition) is 3. The average molecular weight is 208 g/mol. The molecule has 4 nitrogen and oxygen atoms in total. The first kappa shape index (κ1) is 11.5. The zero-order valence-electron chi connectivity index (χ0n) is 8.62. The maximum atomic E-state index is 10.6. The first-order valence-corrected chi connectivity index (χ1v) is 4.71. The van der Waals surface area contributed by atoms with Gasteiger partial charge >= 0.3 is 0 Å². The molecule has 81 valence electrons. The second-order valence-corrected chi connectivity index (χ2v) is 3.04. The molecule has 1 amide bonds. The molecule has 1 rings (SSSR count). The van der Waals surface area contributed by atoms with E-state index in [2.05, 4.69) is 11.4 Å². The first-order valence-electron chi connectivity index (χ1n) is 4.71. The van der Waals surface area contributed by atoms with Crippen LogP contribution in [0.5, 0.6) is 5.75 Å². The van der Waals surface area contributed by atoms with E-state index in [1.165, 1.54) is 6.92 Å². The number of aliphatic hydroxyl groups is 1. The molecule has 0 saturated carbocycles. The second-order valence-electron chi connectivity index (χ2n) is 3.04. The van der Waals surface area contributed by atoms with E-state index in [0.717, 1.165) is 0 Å². The lowest BCUT2D eigenvalue weighted by atomic mass is 10.2. The number of benzene rings is 1. The lowest BCUT2D eigenvalue weighted by Gasteiger charge is -2.07. The van der Waals surface area contributed by atoms with Gasteiger partial charge in [-0.1, -0.05) is 6.07 Å². The highest BCUT2D eigenvalue weighted by atomic mass is 16.5. The molecule has 0 aromatic heterocycles. The minimum Gasteiger partial charge on any atom is -0.492 e. The van der Waals surface area contributed by atoms with Crippen LogP contribution in [-0.2, 0) is 11.4 Å². The number of aliphatic hydroxyl groups excluding tert-OH is 1. The number of hydrogen-bond donors (Lipinski definition) is 2. The van der Waals surface area contributed by atoms with Gasteiger partial charge in [-0.15, -0.1) is 0 Å². The number of ether oxygens (including phenoxy) is 1. The van der Waals surface area contributed by atoms with E-state index in [1.54, 1.807) is 18.2 Å². The maximum Gasteiger partial charge on any atom is 0.216 e. The molecule has 2 N–H and O–H groups in total. The van der Waals surface area contributed by atoms with E-state index >= 15 is 0 Å². The van der Waals surface area contributed by atoms with Crippen molar-refractivity contribution in [3.63, 3.8) is 0 Å². The molecule has 0 aliphatic carbocycles. The van der Waals surface area contributed by atoms with E-state index in [-0.39, 0.29) is 12.5 Å². The van der Waals surface area contributed by atoms with Gasteiger partial charge in [-0.2, -0.15) is 0 Å². The molecule has 0 atom stereocenters. The molecule has 1 aromatic carbocycles. The van der Waals surface area contributed by atoms with E-state index < -0.39 is 0 Å². The van der Waals surface area contributed by atoms with E-state index in [0.29, 0.717) is 24.5 Å². The van der Waals surface area contributed by atoms with Gasteiger partial charge in [-0.25, -0.2) is 0 Å². The lowest BCUT2D eigenvalue weighted by Crippen LogP contribution is -2.25. The highest BCUT2D eigenvalue weighted by Gasteiger charge is 1.96. The SMILES string of the molecule is CC(=O)NCCOc1cc[c]c(CO)c1. The summed E-state index contributed by atoms with van der Waals surface area (Å²) in [6, 6.07) is 8.03. The fourth-order valence-corrected chi connectivity index (χ4v) is 1.07. The predicted molar refractivity (Wildman–Crippen MR) is 55.4 cm³/mol. The summed E-state index contributed by atoms with van der Waals surface area (Å²) in [5.74, 6) is 0.596. The van der Waals surface area contributed by atoms with Crippen LogP contribution in [0, 0.1) is 6.07 Å². The smallest absolute Gasteiger partial charge is 0.216 e. The molecule has 1 aromatic rings. The van der Waals surface area contributed by atoms with Crippen molar-refractivity contribution >= 4 is 5.91 Å². The Bertz CT molecular complexity index is 325. The van der Waals surface area contributed by atoms with Crippen molar-refractivity contribution in [2.24, 2.45) is 0 Å². The van der Waals surface area contributed by atoms with Gasteiger partial charge in [-0.3, -0.25) is 4.79 Å². The Morgan fingerprint density at radius 2 is 2.47 bits per heavy atom. The quantitative estimate of drug-likeness (QED) is 0.692. The van der Waals surface area contributed by atoms with Gasteiger partial charge in [0.15, 0.2) is 0 Å². The molecule has 0 aliphatic heterocycles. The fraction of sp³-hybridized carbons (Fsp3) is 0.364. The molecule has 0 bridgehead atoms. The second kappa shape index (κ2) is 6.03. The fourth-order valence-electron chi connectivity index (χ4n) is 1.07. The van der Waals surface area contributed by atoms with E-state index in [1.807, 2.05) is 0 Å². The molecular weight excluding hydrogens is 194 g/mol. The van der Waals surface area contributed by atoms with Crippen LogP contribution in [0.2, 0.25) is 0 Å². The third-order valence-electron chi connectivity index (χ3n) is 1.75. The number of carbonyl (C=O) groups excluding carboxylic acids is 1. The van der Waals surface area contributed by atoms with Gasteiger partial charge in [0, 0.05) is 6.92 Å². The summed E-state index contributed by atoms with van der Waals surface area (Å²) in [5.41, 5.74) is 0.687. The lowest BCUT2D eigenvalue weighted by molar-refractivity contribution is -0.119. The van der Waals surface area contributed by atoms with Crippen molar-refractivity contribution in [2.45, 2.75) is 13.5 Å². The summed E-state index contributed by atoms with van der Waals surface area (Å²) in [6.45, 7) is 2.29. The van der Waals surface area contributed by atoms with Crippen LogP contribution < -0.4 is 10.1 Å². The Balaban J connectivity index is 2.33. The van der Waals surface area contributed by atoms with Crippen LogP contribution in [0.1, 0.15) is 12.5 Å². The summed E-state index contributed by atoms with van der Waals surface area (Å²) in [6.07, 6.45) is 0. The van der Waals surface area contributed by atoms with Gasteiger partial charge in [0.25, 0.3) is 0 Å². The number of amides is 1. The molecule has 0 heterocycles. The Morgan fingerprint density at radius 3 is 3.13 bits per heavy atom. The number of nitrogens with one attached hydrogen (secondary N) is 1. The van der Waals surface area contributed by atoms with Crippen molar-refractivity contribution in [2.75, 3.05) is 13.2 Å².